The van der Waals surface area contributed by atoms with Crippen molar-refractivity contribution in [1.29, 1.82) is 0 Å². The van der Waals surface area contributed by atoms with E-state index in [0.29, 0.717) is 18.1 Å². The zero-order chi connectivity index (χ0) is 8.27. The van der Waals surface area contributed by atoms with Crippen molar-refractivity contribution in [2.75, 3.05) is 7.11 Å². The summed E-state index contributed by atoms with van der Waals surface area (Å²) in [6, 6.07) is 1.66. The number of hydrogen-bond donors (Lipinski definition) is 1. The molecule has 62 valence electrons. The second kappa shape index (κ2) is 3.39. The van der Waals surface area contributed by atoms with Crippen molar-refractivity contribution >= 4 is 0 Å². The fourth-order valence-corrected chi connectivity index (χ4v) is 0.778. The van der Waals surface area contributed by atoms with E-state index in [9.17, 15) is 0 Å². The third-order valence-electron chi connectivity index (χ3n) is 1.24. The molecule has 0 saturated heterocycles. The molecule has 4 nitrogen and oxygen atoms in total. The van der Waals surface area contributed by atoms with Crippen LogP contribution in [0.1, 0.15) is 12.7 Å². The molecule has 1 aromatic heterocycles. The number of rotatable bonds is 3. The number of aliphatic hydroxyl groups is 1. The molecule has 4 heteroatoms. The Morgan fingerprint density at radius 2 is 2.55 bits per heavy atom. The van der Waals surface area contributed by atoms with E-state index in [1.165, 1.54) is 7.11 Å². The second-order valence-electron chi connectivity index (χ2n) is 2.39. The molecule has 0 amide bonds. The molecule has 0 fully saturated rings. The first-order chi connectivity index (χ1) is 5.22. The second-order valence-corrected chi connectivity index (χ2v) is 2.39. The summed E-state index contributed by atoms with van der Waals surface area (Å²) < 4.78 is 9.62. The van der Waals surface area contributed by atoms with Crippen molar-refractivity contribution in [1.82, 2.24) is 5.16 Å². The molecule has 1 rings (SSSR count). The van der Waals surface area contributed by atoms with E-state index in [1.807, 2.05) is 0 Å². The van der Waals surface area contributed by atoms with Gasteiger partial charge in [-0.1, -0.05) is 0 Å². The van der Waals surface area contributed by atoms with Crippen LogP contribution >= 0.6 is 0 Å². The molecule has 0 unspecified atom stereocenters. The van der Waals surface area contributed by atoms with Gasteiger partial charge in [-0.25, -0.2) is 0 Å². The molecule has 1 aromatic rings. The predicted octanol–water partition coefficient (Wildman–Crippen LogP) is 0.606. The molecule has 1 atom stereocenters. The zero-order valence-corrected chi connectivity index (χ0v) is 6.57. The summed E-state index contributed by atoms with van der Waals surface area (Å²) in [5.74, 6) is 1.08. The average molecular weight is 157 g/mol. The zero-order valence-electron chi connectivity index (χ0n) is 6.57. The van der Waals surface area contributed by atoms with Crippen molar-refractivity contribution in [2.24, 2.45) is 0 Å². The van der Waals surface area contributed by atoms with Crippen LogP contribution in [0.5, 0.6) is 5.88 Å². The van der Waals surface area contributed by atoms with Crippen molar-refractivity contribution < 1.29 is 14.4 Å². The van der Waals surface area contributed by atoms with Gasteiger partial charge in [0.05, 0.1) is 13.2 Å². The Morgan fingerprint density at radius 3 is 3.00 bits per heavy atom. The Bertz CT molecular complexity index is 219. The van der Waals surface area contributed by atoms with Gasteiger partial charge in [-0.05, 0) is 12.1 Å². The highest BCUT2D eigenvalue weighted by Crippen LogP contribution is 2.11. The molecule has 0 aromatic carbocycles. The highest BCUT2D eigenvalue weighted by atomic mass is 16.5. The molecule has 11 heavy (non-hydrogen) atoms. The van der Waals surface area contributed by atoms with Crippen LogP contribution in [-0.2, 0) is 6.42 Å². The first-order valence-electron chi connectivity index (χ1n) is 3.40. The molecule has 0 saturated carbocycles. The lowest BCUT2D eigenvalue weighted by molar-refractivity contribution is 0.182. The predicted molar refractivity (Wildman–Crippen MR) is 38.4 cm³/mol. The van der Waals surface area contributed by atoms with Gasteiger partial charge in [-0.3, -0.25) is 0 Å². The summed E-state index contributed by atoms with van der Waals surface area (Å²) in [6.07, 6.45) is 0.0590. The number of methoxy groups -OCH3 is 1. The molecule has 0 radical (unpaired) electrons. The fraction of sp³-hybridized carbons (Fsp3) is 0.571. The van der Waals surface area contributed by atoms with Crippen LogP contribution < -0.4 is 4.74 Å². The van der Waals surface area contributed by atoms with Crippen molar-refractivity contribution in [3.05, 3.63) is 11.8 Å². The Hall–Kier alpha value is -1.03. The van der Waals surface area contributed by atoms with E-state index < -0.39 is 6.10 Å². The molecule has 0 aliphatic rings. The molecule has 0 bridgehead atoms. The van der Waals surface area contributed by atoms with E-state index in [1.54, 1.807) is 13.0 Å². The van der Waals surface area contributed by atoms with Gasteiger partial charge in [0.25, 0.3) is 5.88 Å². The van der Waals surface area contributed by atoms with E-state index >= 15 is 0 Å². The van der Waals surface area contributed by atoms with Crippen molar-refractivity contribution in [3.8, 4) is 5.88 Å². The summed E-state index contributed by atoms with van der Waals surface area (Å²) in [6.45, 7) is 1.69. The summed E-state index contributed by atoms with van der Waals surface area (Å²) in [5.41, 5.74) is 0. The van der Waals surface area contributed by atoms with Gasteiger partial charge in [0, 0.05) is 12.5 Å². The quantitative estimate of drug-likeness (QED) is 0.698. The number of nitrogens with zero attached hydrogens (tertiary/aromatic N) is 1. The first kappa shape index (κ1) is 8.07. The van der Waals surface area contributed by atoms with Gasteiger partial charge in [0.2, 0.25) is 0 Å². The summed E-state index contributed by atoms with van der Waals surface area (Å²) in [4.78, 5) is 0. The minimum Gasteiger partial charge on any atom is -0.479 e. The Morgan fingerprint density at radius 1 is 1.82 bits per heavy atom. The summed E-state index contributed by atoms with van der Waals surface area (Å²) in [5, 5.41) is 12.5. The third kappa shape index (κ3) is 2.23. The van der Waals surface area contributed by atoms with Gasteiger partial charge in [0.15, 0.2) is 0 Å². The smallest absolute Gasteiger partial charge is 0.254 e. The number of ether oxygens (including phenoxy) is 1. The average Bonchev–Trinajstić information content (AvgIpc) is 2.34. The van der Waals surface area contributed by atoms with E-state index in [0.717, 1.165) is 0 Å². The number of aromatic nitrogens is 1. The monoisotopic (exact) mass is 157 g/mol. The topological polar surface area (TPSA) is 55.5 Å². The minimum absolute atomic E-state index is 0.410. The summed E-state index contributed by atoms with van der Waals surface area (Å²) >= 11 is 0. The SMILES string of the molecule is COc1cc(C[C@H](C)O)on1. The largest absolute Gasteiger partial charge is 0.479 e. The van der Waals surface area contributed by atoms with Gasteiger partial charge >= 0.3 is 0 Å². The minimum atomic E-state index is -0.410. The third-order valence-corrected chi connectivity index (χ3v) is 1.24. The molecular formula is C7H11NO3. The highest BCUT2D eigenvalue weighted by Gasteiger charge is 2.05. The summed E-state index contributed by atoms with van der Waals surface area (Å²) in [7, 11) is 1.52. The lowest BCUT2D eigenvalue weighted by Crippen LogP contribution is -2.02. The van der Waals surface area contributed by atoms with Gasteiger partial charge in [-0.15, -0.1) is 0 Å². The van der Waals surface area contributed by atoms with Crippen LogP contribution in [-0.4, -0.2) is 23.5 Å². The lowest BCUT2D eigenvalue weighted by atomic mass is 10.2. The molecular weight excluding hydrogens is 146 g/mol. The molecule has 1 heterocycles. The van der Waals surface area contributed by atoms with Crippen LogP contribution in [0.15, 0.2) is 10.6 Å². The molecule has 0 aliphatic carbocycles. The van der Waals surface area contributed by atoms with Crippen molar-refractivity contribution in [2.45, 2.75) is 19.4 Å². The molecule has 1 N–H and O–H groups in total. The van der Waals surface area contributed by atoms with Crippen LogP contribution in [0.2, 0.25) is 0 Å². The number of aliphatic hydroxyl groups excluding tert-OH is 1. The van der Waals surface area contributed by atoms with Crippen LogP contribution in [0.4, 0.5) is 0 Å². The number of hydrogen-bond acceptors (Lipinski definition) is 4. The van der Waals surface area contributed by atoms with Crippen molar-refractivity contribution in [3.63, 3.8) is 0 Å². The van der Waals surface area contributed by atoms with Crippen LogP contribution in [0.3, 0.4) is 0 Å². The van der Waals surface area contributed by atoms with Crippen LogP contribution in [0, 0.1) is 0 Å². The standard InChI is InChI=1S/C7H11NO3/c1-5(9)3-6-4-7(10-2)8-11-6/h4-5,9H,3H2,1-2H3/t5-/m0/s1. The lowest BCUT2D eigenvalue weighted by Gasteiger charge is -1.96. The van der Waals surface area contributed by atoms with Gasteiger partial charge in [-0.2, -0.15) is 0 Å². The molecule has 0 aliphatic heterocycles. The van der Waals surface area contributed by atoms with Gasteiger partial charge < -0.3 is 14.4 Å². The normalized spacial score (nSPS) is 13.0. The Balaban J connectivity index is 2.58. The van der Waals surface area contributed by atoms with E-state index in [-0.39, 0.29) is 0 Å². The van der Waals surface area contributed by atoms with Gasteiger partial charge in [0.1, 0.15) is 5.76 Å². The van der Waals surface area contributed by atoms with Crippen LogP contribution in [0.25, 0.3) is 0 Å². The maximum Gasteiger partial charge on any atom is 0.254 e. The highest BCUT2D eigenvalue weighted by molar-refractivity contribution is 5.11. The Kier molecular flexibility index (Phi) is 2.48. The maximum absolute atomic E-state index is 8.96. The van der Waals surface area contributed by atoms with E-state index in [2.05, 4.69) is 5.16 Å². The fourth-order valence-electron chi connectivity index (χ4n) is 0.778. The first-order valence-corrected chi connectivity index (χ1v) is 3.40. The maximum atomic E-state index is 8.96. The van der Waals surface area contributed by atoms with E-state index in [4.69, 9.17) is 14.4 Å². The molecule has 0 spiro atoms. The Labute approximate surface area is 64.8 Å².